The van der Waals surface area contributed by atoms with Gasteiger partial charge in [0, 0.05) is 11.4 Å². The number of aromatic nitrogens is 3. The molecule has 0 spiro atoms. The van der Waals surface area contributed by atoms with E-state index in [1.807, 2.05) is 18.6 Å². The Hall–Kier alpha value is -1.67. The molecule has 0 aliphatic heterocycles. The van der Waals surface area contributed by atoms with Crippen molar-refractivity contribution in [1.82, 2.24) is 20.3 Å². The van der Waals surface area contributed by atoms with Crippen LogP contribution in [0.1, 0.15) is 27.0 Å². The lowest BCUT2D eigenvalue weighted by Gasteiger charge is -2.04. The Morgan fingerprint density at radius 2 is 2.30 bits per heavy atom. The topological polar surface area (TPSA) is 87.7 Å². The van der Waals surface area contributed by atoms with Crippen LogP contribution in [0.3, 0.4) is 0 Å². The number of carbonyl (C=O) groups is 1. The molecule has 0 saturated carbocycles. The van der Waals surface area contributed by atoms with E-state index in [2.05, 4.69) is 20.3 Å². The smallest absolute Gasteiger partial charge is 0.270 e. The molecule has 6 nitrogen and oxygen atoms in total. The second-order valence-electron chi connectivity index (χ2n) is 4.05. The first kappa shape index (κ1) is 14.7. The molecule has 0 saturated heterocycles. The summed E-state index contributed by atoms with van der Waals surface area (Å²) in [6.07, 6.45) is 1.90. The van der Waals surface area contributed by atoms with E-state index >= 15 is 0 Å². The first-order valence-electron chi connectivity index (χ1n) is 5.87. The number of hydrogen-bond acceptors (Lipinski definition) is 6. The van der Waals surface area contributed by atoms with Crippen LogP contribution in [-0.2, 0) is 12.3 Å². The van der Waals surface area contributed by atoms with Crippen LogP contribution >= 0.6 is 23.1 Å². The molecule has 2 rings (SSSR count). The van der Waals surface area contributed by atoms with Crippen LogP contribution in [0, 0.1) is 6.92 Å². The third kappa shape index (κ3) is 3.91. The quantitative estimate of drug-likeness (QED) is 0.870. The number of aromatic amines is 1. The van der Waals surface area contributed by atoms with E-state index in [1.54, 1.807) is 0 Å². The molecule has 0 bridgehead atoms. The van der Waals surface area contributed by atoms with Crippen LogP contribution in [0.15, 0.2) is 16.2 Å². The Morgan fingerprint density at radius 1 is 1.50 bits per heavy atom. The fraction of sp³-hybridized carbons (Fsp3) is 0.333. The van der Waals surface area contributed by atoms with E-state index in [-0.39, 0.29) is 17.2 Å². The lowest BCUT2D eigenvalue weighted by Crippen LogP contribution is -2.26. The lowest BCUT2D eigenvalue weighted by molar-refractivity contribution is 0.0945. The fourth-order valence-electron chi connectivity index (χ4n) is 1.58. The molecular weight excluding hydrogens is 296 g/mol. The second-order valence-corrected chi connectivity index (χ2v) is 5.98. The third-order valence-electron chi connectivity index (χ3n) is 2.40. The summed E-state index contributed by atoms with van der Waals surface area (Å²) in [6, 6.07) is 1.20. The van der Waals surface area contributed by atoms with Crippen LogP contribution in [0.25, 0.3) is 0 Å². The van der Waals surface area contributed by atoms with Crippen molar-refractivity contribution in [2.75, 3.05) is 6.26 Å². The fourth-order valence-corrected chi connectivity index (χ4v) is 2.60. The van der Waals surface area contributed by atoms with Gasteiger partial charge in [-0.05, 0) is 13.2 Å². The van der Waals surface area contributed by atoms with Gasteiger partial charge in [0.15, 0.2) is 0 Å². The SMILES string of the molecule is CSCc1nc(C(=O)NCc2csc(C)n2)cc(=O)[nH]1. The minimum atomic E-state index is -0.371. The Balaban J connectivity index is 2.06. The molecule has 1 amide bonds. The summed E-state index contributed by atoms with van der Waals surface area (Å²) < 4.78 is 0. The van der Waals surface area contributed by atoms with Crippen molar-refractivity contribution in [2.24, 2.45) is 0 Å². The molecule has 0 aromatic carbocycles. The molecular formula is C12H14N4O2S2. The highest BCUT2D eigenvalue weighted by atomic mass is 32.2. The molecule has 0 fully saturated rings. The summed E-state index contributed by atoms with van der Waals surface area (Å²) in [6.45, 7) is 2.23. The molecule has 0 radical (unpaired) electrons. The van der Waals surface area contributed by atoms with Gasteiger partial charge in [0.2, 0.25) is 0 Å². The van der Waals surface area contributed by atoms with Crippen molar-refractivity contribution < 1.29 is 4.79 Å². The predicted octanol–water partition coefficient (Wildman–Crippen LogP) is 1.33. The van der Waals surface area contributed by atoms with Crippen LogP contribution < -0.4 is 10.9 Å². The lowest BCUT2D eigenvalue weighted by atomic mass is 10.3. The maximum atomic E-state index is 12.0. The number of carbonyl (C=O) groups excluding carboxylic acids is 1. The van der Waals surface area contributed by atoms with Crippen LogP contribution in [0.4, 0.5) is 0 Å². The van der Waals surface area contributed by atoms with E-state index < -0.39 is 0 Å². The standard InChI is InChI=1S/C12H14N4O2S2/c1-7-14-8(5-20-7)4-13-12(18)9-3-11(17)16-10(15-9)6-19-2/h3,5H,4,6H2,1-2H3,(H,13,18)(H,15,16,17). The number of rotatable bonds is 5. The molecule has 2 aromatic rings. The van der Waals surface area contributed by atoms with Gasteiger partial charge in [-0.25, -0.2) is 9.97 Å². The highest BCUT2D eigenvalue weighted by Crippen LogP contribution is 2.07. The average Bonchev–Trinajstić information content (AvgIpc) is 2.81. The van der Waals surface area contributed by atoms with Gasteiger partial charge in [-0.3, -0.25) is 9.59 Å². The molecule has 2 heterocycles. The summed E-state index contributed by atoms with van der Waals surface area (Å²) in [5, 5.41) is 5.55. The van der Waals surface area contributed by atoms with Crippen LogP contribution in [0.5, 0.6) is 0 Å². The summed E-state index contributed by atoms with van der Waals surface area (Å²) in [5.74, 6) is 0.686. The number of nitrogens with zero attached hydrogens (tertiary/aromatic N) is 2. The van der Waals surface area contributed by atoms with Crippen molar-refractivity contribution in [3.05, 3.63) is 44.0 Å². The maximum absolute atomic E-state index is 12.0. The van der Waals surface area contributed by atoms with Gasteiger partial charge >= 0.3 is 0 Å². The first-order chi connectivity index (χ1) is 9.58. The Morgan fingerprint density at radius 3 is 2.95 bits per heavy atom. The summed E-state index contributed by atoms with van der Waals surface area (Å²) in [4.78, 5) is 34.4. The molecule has 106 valence electrons. The van der Waals surface area contributed by atoms with Crippen LogP contribution in [0.2, 0.25) is 0 Å². The number of H-pyrrole nitrogens is 1. The highest BCUT2D eigenvalue weighted by Gasteiger charge is 2.10. The van der Waals surface area contributed by atoms with Gasteiger partial charge in [-0.2, -0.15) is 11.8 Å². The number of amides is 1. The van der Waals surface area contributed by atoms with E-state index in [0.29, 0.717) is 18.1 Å². The van der Waals surface area contributed by atoms with E-state index in [4.69, 9.17) is 0 Å². The van der Waals surface area contributed by atoms with E-state index in [0.717, 1.165) is 10.7 Å². The summed E-state index contributed by atoms with van der Waals surface area (Å²) >= 11 is 3.05. The Kier molecular flexibility index (Phi) is 4.91. The van der Waals surface area contributed by atoms with Gasteiger partial charge in [-0.15, -0.1) is 11.3 Å². The zero-order valence-electron chi connectivity index (χ0n) is 11.1. The molecule has 2 aromatic heterocycles. The molecule has 20 heavy (non-hydrogen) atoms. The van der Waals surface area contributed by atoms with Crippen molar-refractivity contribution in [2.45, 2.75) is 19.2 Å². The third-order valence-corrected chi connectivity index (χ3v) is 3.79. The van der Waals surface area contributed by atoms with Gasteiger partial charge in [0.05, 0.1) is 23.0 Å². The summed E-state index contributed by atoms with van der Waals surface area (Å²) in [7, 11) is 0. The summed E-state index contributed by atoms with van der Waals surface area (Å²) in [5.41, 5.74) is 0.610. The number of nitrogens with one attached hydrogen (secondary N) is 2. The van der Waals surface area contributed by atoms with Gasteiger partial charge in [0.25, 0.3) is 11.5 Å². The maximum Gasteiger partial charge on any atom is 0.270 e. The number of aryl methyl sites for hydroxylation is 1. The zero-order chi connectivity index (χ0) is 14.5. The van der Waals surface area contributed by atoms with Gasteiger partial charge in [-0.1, -0.05) is 0 Å². The average molecular weight is 310 g/mol. The van der Waals surface area contributed by atoms with Crippen LogP contribution in [-0.4, -0.2) is 27.1 Å². The first-order valence-corrected chi connectivity index (χ1v) is 8.14. The van der Waals surface area contributed by atoms with Crippen molar-refractivity contribution in [1.29, 1.82) is 0 Å². The van der Waals surface area contributed by atoms with Crippen molar-refractivity contribution in [3.8, 4) is 0 Å². The second kappa shape index (κ2) is 6.67. The van der Waals surface area contributed by atoms with Gasteiger partial charge in [0.1, 0.15) is 11.5 Å². The minimum Gasteiger partial charge on any atom is -0.345 e. The molecule has 2 N–H and O–H groups in total. The highest BCUT2D eigenvalue weighted by molar-refractivity contribution is 7.97. The zero-order valence-corrected chi connectivity index (χ0v) is 12.7. The van der Waals surface area contributed by atoms with Crippen molar-refractivity contribution in [3.63, 3.8) is 0 Å². The number of hydrogen-bond donors (Lipinski definition) is 2. The van der Waals surface area contributed by atoms with E-state index in [9.17, 15) is 9.59 Å². The van der Waals surface area contributed by atoms with Gasteiger partial charge < -0.3 is 10.3 Å². The van der Waals surface area contributed by atoms with Crippen molar-refractivity contribution >= 4 is 29.0 Å². The molecule has 0 atom stereocenters. The molecule has 8 heteroatoms. The number of thiazole rings is 1. The molecule has 0 aliphatic carbocycles. The Bertz CT molecular complexity index is 665. The molecule has 0 aliphatic rings. The largest absolute Gasteiger partial charge is 0.345 e. The number of thioether (sulfide) groups is 1. The Labute approximate surface area is 124 Å². The van der Waals surface area contributed by atoms with E-state index in [1.165, 1.54) is 29.2 Å². The monoisotopic (exact) mass is 310 g/mol. The normalized spacial score (nSPS) is 10.5. The minimum absolute atomic E-state index is 0.129. The molecule has 0 unspecified atom stereocenters. The predicted molar refractivity (Wildman–Crippen MR) is 80.1 cm³/mol.